The maximum atomic E-state index is 12.6. The average molecular weight is 366 g/mol. The number of para-hydroxylation sites is 1. The Labute approximate surface area is 148 Å². The zero-order valence-electron chi connectivity index (χ0n) is 12.4. The van der Waals surface area contributed by atoms with Crippen LogP contribution in [0.4, 0.5) is 0 Å². The van der Waals surface area contributed by atoms with Crippen molar-refractivity contribution in [2.75, 3.05) is 5.88 Å². The van der Waals surface area contributed by atoms with Crippen LogP contribution in [0.3, 0.4) is 0 Å². The molecule has 1 amide bonds. The van der Waals surface area contributed by atoms with Gasteiger partial charge in [-0.1, -0.05) is 35.9 Å². The number of hydroxylamine groups is 2. The van der Waals surface area contributed by atoms with Gasteiger partial charge in [0, 0.05) is 12.3 Å². The van der Waals surface area contributed by atoms with Gasteiger partial charge in [-0.2, -0.15) is 0 Å². The summed E-state index contributed by atoms with van der Waals surface area (Å²) in [7, 11) is 0. The Hall–Kier alpha value is -2.24. The van der Waals surface area contributed by atoms with Gasteiger partial charge in [0.25, 0.3) is 5.91 Å². The van der Waals surface area contributed by atoms with Gasteiger partial charge in [0.2, 0.25) is 6.23 Å². The Bertz CT molecular complexity index is 781. The number of fused-ring (bicyclic) bond motifs is 1. The fraction of sp³-hybridized carbons (Fsp3) is 0.176. The van der Waals surface area contributed by atoms with Crippen molar-refractivity contribution in [2.45, 2.75) is 12.6 Å². The van der Waals surface area contributed by atoms with E-state index in [-0.39, 0.29) is 16.5 Å². The number of carbonyl (C=O) groups excluding carboxylic acids is 2. The summed E-state index contributed by atoms with van der Waals surface area (Å²) < 4.78 is 5.73. The van der Waals surface area contributed by atoms with Crippen LogP contribution in [-0.4, -0.2) is 29.0 Å². The molecular formula is C17H13Cl2NO4. The Kier molecular flexibility index (Phi) is 4.92. The van der Waals surface area contributed by atoms with Crippen molar-refractivity contribution < 1.29 is 19.2 Å². The highest BCUT2D eigenvalue weighted by atomic mass is 35.5. The van der Waals surface area contributed by atoms with Gasteiger partial charge in [-0.25, -0.2) is 4.79 Å². The van der Waals surface area contributed by atoms with E-state index in [1.807, 2.05) is 0 Å². The average Bonchev–Trinajstić information content (AvgIpc) is 2.59. The molecule has 0 aliphatic carbocycles. The summed E-state index contributed by atoms with van der Waals surface area (Å²) in [6.07, 6.45) is -0.492. The molecule has 124 valence electrons. The van der Waals surface area contributed by atoms with Gasteiger partial charge in [0.15, 0.2) is 0 Å². The number of halogens is 2. The fourth-order valence-corrected chi connectivity index (χ4v) is 2.72. The van der Waals surface area contributed by atoms with E-state index < -0.39 is 18.1 Å². The van der Waals surface area contributed by atoms with Crippen LogP contribution in [0.2, 0.25) is 5.02 Å². The van der Waals surface area contributed by atoms with Gasteiger partial charge in [0.05, 0.1) is 16.1 Å². The third kappa shape index (κ3) is 3.18. The molecule has 0 unspecified atom stereocenters. The van der Waals surface area contributed by atoms with Crippen molar-refractivity contribution >= 4 is 35.1 Å². The number of carbonyl (C=O) groups is 2. The predicted molar refractivity (Wildman–Crippen MR) is 89.2 cm³/mol. The number of nitrogens with zero attached hydrogens (tertiary/aromatic N) is 1. The maximum Gasteiger partial charge on any atom is 0.364 e. The monoisotopic (exact) mass is 365 g/mol. The van der Waals surface area contributed by atoms with Gasteiger partial charge in [-0.3, -0.25) is 4.79 Å². The minimum atomic E-state index is -0.795. The second kappa shape index (κ2) is 7.11. The molecule has 0 spiro atoms. The van der Waals surface area contributed by atoms with Crippen LogP contribution in [0.25, 0.3) is 0 Å². The van der Waals surface area contributed by atoms with Gasteiger partial charge in [0.1, 0.15) is 5.75 Å². The van der Waals surface area contributed by atoms with Crippen LogP contribution in [0.5, 0.6) is 5.75 Å². The third-order valence-electron chi connectivity index (χ3n) is 3.47. The topological polar surface area (TPSA) is 55.8 Å². The molecule has 0 fully saturated rings. The van der Waals surface area contributed by atoms with E-state index in [9.17, 15) is 9.59 Å². The molecule has 0 aromatic heterocycles. The van der Waals surface area contributed by atoms with Crippen LogP contribution in [0.1, 0.15) is 27.1 Å². The van der Waals surface area contributed by atoms with E-state index in [1.54, 1.807) is 42.5 Å². The van der Waals surface area contributed by atoms with Crippen LogP contribution in [0, 0.1) is 0 Å². The van der Waals surface area contributed by atoms with Gasteiger partial charge < -0.3 is 9.57 Å². The van der Waals surface area contributed by atoms with Crippen LogP contribution in [-0.2, 0) is 4.84 Å². The zero-order chi connectivity index (χ0) is 17.1. The second-order valence-corrected chi connectivity index (χ2v) is 5.82. The summed E-state index contributed by atoms with van der Waals surface area (Å²) >= 11 is 11.8. The van der Waals surface area contributed by atoms with Crippen LogP contribution < -0.4 is 4.74 Å². The molecule has 1 aliphatic rings. The van der Waals surface area contributed by atoms with E-state index in [0.717, 1.165) is 5.06 Å². The van der Waals surface area contributed by atoms with Gasteiger partial charge in [-0.05, 0) is 24.3 Å². The van der Waals surface area contributed by atoms with Crippen molar-refractivity contribution in [3.63, 3.8) is 0 Å². The first kappa shape index (κ1) is 16.6. The van der Waals surface area contributed by atoms with Gasteiger partial charge in [-0.15, -0.1) is 16.7 Å². The fourth-order valence-electron chi connectivity index (χ4n) is 2.33. The summed E-state index contributed by atoms with van der Waals surface area (Å²) in [4.78, 5) is 30.3. The quantitative estimate of drug-likeness (QED) is 0.771. The molecule has 1 heterocycles. The number of alkyl halides is 1. The van der Waals surface area contributed by atoms with E-state index in [1.165, 1.54) is 6.07 Å². The molecule has 0 radical (unpaired) electrons. The van der Waals surface area contributed by atoms with Crippen molar-refractivity contribution in [3.05, 3.63) is 64.7 Å². The van der Waals surface area contributed by atoms with E-state index in [4.69, 9.17) is 32.8 Å². The summed E-state index contributed by atoms with van der Waals surface area (Å²) in [5, 5.41) is 1.15. The molecule has 0 saturated heterocycles. The molecule has 5 nitrogen and oxygen atoms in total. The number of hydrogen-bond acceptors (Lipinski definition) is 4. The Balaban J connectivity index is 1.89. The Morgan fingerprint density at radius 1 is 1.17 bits per heavy atom. The lowest BCUT2D eigenvalue weighted by Gasteiger charge is -2.34. The molecule has 3 rings (SSSR count). The van der Waals surface area contributed by atoms with E-state index in [2.05, 4.69) is 0 Å². The largest absolute Gasteiger partial charge is 0.466 e. The second-order valence-electron chi connectivity index (χ2n) is 5.04. The van der Waals surface area contributed by atoms with Crippen molar-refractivity contribution in [1.29, 1.82) is 0 Å². The van der Waals surface area contributed by atoms with E-state index in [0.29, 0.717) is 17.7 Å². The standard InChI is InChI=1S/C17H13Cl2NO4/c18-10-9-15-20(16(21)12-6-2-4-8-14(12)23-15)24-17(22)11-5-1-3-7-13(11)19/h1-8,15H,9-10H2/t15-/m0/s1. The minimum absolute atomic E-state index is 0.162. The molecular weight excluding hydrogens is 353 g/mol. The number of rotatable bonds is 4. The highest BCUT2D eigenvalue weighted by Gasteiger charge is 2.37. The lowest BCUT2D eigenvalue weighted by atomic mass is 10.1. The van der Waals surface area contributed by atoms with E-state index >= 15 is 0 Å². The van der Waals surface area contributed by atoms with Crippen molar-refractivity contribution in [3.8, 4) is 5.75 Å². The predicted octanol–water partition coefficient (Wildman–Crippen LogP) is 3.90. The first-order chi connectivity index (χ1) is 11.6. The molecule has 2 aromatic rings. The molecule has 0 bridgehead atoms. The Morgan fingerprint density at radius 3 is 2.62 bits per heavy atom. The van der Waals surface area contributed by atoms with Gasteiger partial charge >= 0.3 is 5.97 Å². The first-order valence-corrected chi connectivity index (χ1v) is 8.15. The number of benzene rings is 2. The first-order valence-electron chi connectivity index (χ1n) is 7.24. The summed E-state index contributed by atoms with van der Waals surface area (Å²) in [6, 6.07) is 13.2. The van der Waals surface area contributed by atoms with Crippen molar-refractivity contribution in [1.82, 2.24) is 5.06 Å². The third-order valence-corrected chi connectivity index (χ3v) is 4.02. The minimum Gasteiger partial charge on any atom is -0.466 e. The molecule has 1 atom stereocenters. The smallest absolute Gasteiger partial charge is 0.364 e. The summed E-state index contributed by atoms with van der Waals surface area (Å²) in [5.41, 5.74) is 0.478. The zero-order valence-corrected chi connectivity index (χ0v) is 14.0. The summed E-state index contributed by atoms with van der Waals surface area (Å²) in [6.45, 7) is 0. The lowest BCUT2D eigenvalue weighted by molar-refractivity contribution is -0.160. The Morgan fingerprint density at radius 2 is 1.88 bits per heavy atom. The number of amides is 1. The highest BCUT2D eigenvalue weighted by Crippen LogP contribution is 2.30. The normalized spacial score (nSPS) is 16.3. The molecule has 24 heavy (non-hydrogen) atoms. The number of hydrogen-bond donors (Lipinski definition) is 0. The van der Waals surface area contributed by atoms with Crippen molar-refractivity contribution in [2.24, 2.45) is 0 Å². The summed E-state index contributed by atoms with van der Waals surface area (Å²) in [5.74, 6) is -0.535. The molecule has 1 aliphatic heterocycles. The molecule has 0 N–H and O–H groups in total. The highest BCUT2D eigenvalue weighted by molar-refractivity contribution is 6.33. The van der Waals surface area contributed by atoms with Crippen LogP contribution >= 0.6 is 23.2 Å². The molecule has 0 saturated carbocycles. The SMILES string of the molecule is O=C(ON1C(=O)c2ccccc2O[C@H]1CCCl)c1ccccc1Cl. The molecule has 7 heteroatoms. The van der Waals surface area contributed by atoms with Crippen LogP contribution in [0.15, 0.2) is 48.5 Å². The maximum absolute atomic E-state index is 12.6. The molecule has 2 aromatic carbocycles. The lowest BCUT2D eigenvalue weighted by Crippen LogP contribution is -2.48. The number of ether oxygens (including phenoxy) is 1.